The van der Waals surface area contributed by atoms with Gasteiger partial charge in [0.25, 0.3) is 0 Å². The molecule has 0 bridgehead atoms. The van der Waals surface area contributed by atoms with Crippen molar-refractivity contribution in [2.24, 2.45) is 0 Å². The van der Waals surface area contributed by atoms with Gasteiger partial charge in [0.1, 0.15) is 5.01 Å². The first-order valence-electron chi connectivity index (χ1n) is 5.52. The van der Waals surface area contributed by atoms with Crippen LogP contribution in [0.3, 0.4) is 0 Å². The van der Waals surface area contributed by atoms with E-state index in [0.29, 0.717) is 18.0 Å². The Labute approximate surface area is 115 Å². The highest BCUT2D eigenvalue weighted by Crippen LogP contribution is 2.12. The number of thiazole rings is 1. The van der Waals surface area contributed by atoms with Gasteiger partial charge >= 0.3 is 0 Å². The molecule has 5 heteroatoms. The predicted octanol–water partition coefficient (Wildman–Crippen LogP) is 3.00. The van der Waals surface area contributed by atoms with Crippen LogP contribution in [-0.4, -0.2) is 22.8 Å². The van der Waals surface area contributed by atoms with Crippen molar-refractivity contribution in [3.8, 4) is 0 Å². The fraction of sp³-hybridized carbons (Fsp3) is 0.231. The summed E-state index contributed by atoms with van der Waals surface area (Å²) in [4.78, 5) is 17.8. The number of nitrogens with zero attached hydrogens (tertiary/aromatic N) is 2. The van der Waals surface area contributed by atoms with E-state index in [1.165, 1.54) is 0 Å². The first-order valence-corrected chi connectivity index (χ1v) is 6.77. The van der Waals surface area contributed by atoms with Crippen molar-refractivity contribution in [1.29, 1.82) is 0 Å². The Balaban J connectivity index is 1.93. The van der Waals surface area contributed by atoms with Crippen LogP contribution in [0.1, 0.15) is 10.6 Å². The zero-order valence-electron chi connectivity index (χ0n) is 9.97. The Morgan fingerprint density at radius 2 is 2.11 bits per heavy atom. The summed E-state index contributed by atoms with van der Waals surface area (Å²) in [5, 5.41) is 3.54. The maximum atomic E-state index is 12.0. The fourth-order valence-corrected chi connectivity index (χ4v) is 2.33. The Morgan fingerprint density at radius 1 is 1.39 bits per heavy atom. The molecule has 0 saturated heterocycles. The largest absolute Gasteiger partial charge is 0.339 e. The van der Waals surface area contributed by atoms with Gasteiger partial charge in [-0.25, -0.2) is 4.98 Å². The molecule has 1 heterocycles. The van der Waals surface area contributed by atoms with Crippen LogP contribution in [0.15, 0.2) is 35.8 Å². The molecule has 1 amide bonds. The summed E-state index contributed by atoms with van der Waals surface area (Å²) in [5.41, 5.74) is 0.968. The molecule has 0 fully saturated rings. The molecule has 0 spiro atoms. The minimum Gasteiger partial charge on any atom is -0.339 e. The molecule has 0 aliphatic carbocycles. The molecule has 0 radical (unpaired) electrons. The number of rotatable bonds is 4. The van der Waals surface area contributed by atoms with Crippen molar-refractivity contribution in [3.63, 3.8) is 0 Å². The number of halogens is 1. The third-order valence-electron chi connectivity index (χ3n) is 2.55. The van der Waals surface area contributed by atoms with Crippen LogP contribution in [0.2, 0.25) is 5.02 Å². The molecule has 0 aliphatic rings. The van der Waals surface area contributed by atoms with E-state index >= 15 is 0 Å². The van der Waals surface area contributed by atoms with Gasteiger partial charge in [0.2, 0.25) is 5.91 Å². The summed E-state index contributed by atoms with van der Waals surface area (Å²) in [7, 11) is 1.79. The Hall–Kier alpha value is -1.39. The van der Waals surface area contributed by atoms with Crippen LogP contribution in [-0.2, 0) is 17.8 Å². The van der Waals surface area contributed by atoms with Crippen molar-refractivity contribution in [2.45, 2.75) is 13.0 Å². The molecule has 1 aromatic heterocycles. The number of carbonyl (C=O) groups excluding carboxylic acids is 1. The molecule has 0 aliphatic heterocycles. The lowest BCUT2D eigenvalue weighted by Crippen LogP contribution is -2.27. The molecule has 18 heavy (non-hydrogen) atoms. The monoisotopic (exact) mass is 280 g/mol. The maximum absolute atomic E-state index is 12.0. The van der Waals surface area contributed by atoms with E-state index in [9.17, 15) is 4.79 Å². The van der Waals surface area contributed by atoms with Crippen LogP contribution in [0.25, 0.3) is 0 Å². The van der Waals surface area contributed by atoms with Crippen molar-refractivity contribution < 1.29 is 4.79 Å². The van der Waals surface area contributed by atoms with Gasteiger partial charge in [0.15, 0.2) is 0 Å². The predicted molar refractivity (Wildman–Crippen MR) is 73.7 cm³/mol. The van der Waals surface area contributed by atoms with E-state index in [4.69, 9.17) is 11.6 Å². The average molecular weight is 281 g/mol. The van der Waals surface area contributed by atoms with Crippen LogP contribution >= 0.6 is 22.9 Å². The van der Waals surface area contributed by atoms with E-state index in [-0.39, 0.29) is 5.91 Å². The van der Waals surface area contributed by atoms with E-state index in [2.05, 4.69) is 4.98 Å². The Bertz CT molecular complexity index is 510. The lowest BCUT2D eigenvalue weighted by molar-refractivity contribution is -0.129. The Kier molecular flexibility index (Phi) is 4.33. The van der Waals surface area contributed by atoms with Gasteiger partial charge in [-0.1, -0.05) is 23.7 Å². The standard InChI is InChI=1S/C13H13ClN2OS/c1-16(9-12-15-6-7-18-12)13(17)8-10-2-4-11(14)5-3-10/h2-7H,8-9H2,1H3. The normalized spacial score (nSPS) is 10.3. The summed E-state index contributed by atoms with van der Waals surface area (Å²) >= 11 is 7.36. The van der Waals surface area contributed by atoms with Gasteiger partial charge in [-0.15, -0.1) is 11.3 Å². The van der Waals surface area contributed by atoms with Gasteiger partial charge < -0.3 is 4.90 Å². The van der Waals surface area contributed by atoms with Crippen LogP contribution < -0.4 is 0 Å². The number of hydrogen-bond acceptors (Lipinski definition) is 3. The number of carbonyl (C=O) groups is 1. The van der Waals surface area contributed by atoms with E-state index < -0.39 is 0 Å². The first kappa shape index (κ1) is 13.1. The molecule has 0 N–H and O–H groups in total. The van der Waals surface area contributed by atoms with Gasteiger partial charge in [0, 0.05) is 23.6 Å². The van der Waals surface area contributed by atoms with Gasteiger partial charge in [-0.05, 0) is 17.7 Å². The number of hydrogen-bond donors (Lipinski definition) is 0. The van der Waals surface area contributed by atoms with E-state index in [1.54, 1.807) is 41.6 Å². The van der Waals surface area contributed by atoms with Crippen LogP contribution in [0.5, 0.6) is 0 Å². The number of aromatic nitrogens is 1. The van der Waals surface area contributed by atoms with Crippen molar-refractivity contribution in [1.82, 2.24) is 9.88 Å². The van der Waals surface area contributed by atoms with E-state index in [0.717, 1.165) is 10.6 Å². The lowest BCUT2D eigenvalue weighted by Gasteiger charge is -2.15. The zero-order chi connectivity index (χ0) is 13.0. The quantitative estimate of drug-likeness (QED) is 0.863. The summed E-state index contributed by atoms with van der Waals surface area (Å²) in [6.07, 6.45) is 2.14. The summed E-state index contributed by atoms with van der Waals surface area (Å²) in [6, 6.07) is 7.34. The number of likely N-dealkylation sites (N-methyl/N-ethyl adjacent to an activating group) is 1. The second kappa shape index (κ2) is 5.98. The zero-order valence-corrected chi connectivity index (χ0v) is 11.5. The van der Waals surface area contributed by atoms with Gasteiger partial charge in [0.05, 0.1) is 13.0 Å². The van der Waals surface area contributed by atoms with Gasteiger partial charge in [-0.2, -0.15) is 0 Å². The molecule has 3 nitrogen and oxygen atoms in total. The first-order chi connectivity index (χ1) is 8.65. The molecule has 94 valence electrons. The number of amides is 1. The van der Waals surface area contributed by atoms with Crippen molar-refractivity contribution in [3.05, 3.63) is 51.4 Å². The summed E-state index contributed by atoms with van der Waals surface area (Å²) in [5.74, 6) is 0.0764. The van der Waals surface area contributed by atoms with E-state index in [1.807, 2.05) is 17.5 Å². The molecular formula is C13H13ClN2OS. The van der Waals surface area contributed by atoms with Gasteiger partial charge in [-0.3, -0.25) is 4.79 Å². The third-order valence-corrected chi connectivity index (χ3v) is 3.57. The molecular weight excluding hydrogens is 268 g/mol. The number of benzene rings is 1. The highest BCUT2D eigenvalue weighted by Gasteiger charge is 2.11. The molecule has 0 unspecified atom stereocenters. The highest BCUT2D eigenvalue weighted by molar-refractivity contribution is 7.09. The van der Waals surface area contributed by atoms with Crippen LogP contribution in [0, 0.1) is 0 Å². The smallest absolute Gasteiger partial charge is 0.227 e. The highest BCUT2D eigenvalue weighted by atomic mass is 35.5. The Morgan fingerprint density at radius 3 is 2.72 bits per heavy atom. The minimum atomic E-state index is 0.0764. The second-order valence-corrected chi connectivity index (χ2v) is 5.39. The molecule has 2 rings (SSSR count). The topological polar surface area (TPSA) is 33.2 Å². The molecule has 0 atom stereocenters. The minimum absolute atomic E-state index is 0.0764. The fourth-order valence-electron chi connectivity index (χ4n) is 1.53. The summed E-state index contributed by atoms with van der Waals surface area (Å²) in [6.45, 7) is 0.560. The maximum Gasteiger partial charge on any atom is 0.227 e. The third kappa shape index (κ3) is 3.55. The van der Waals surface area contributed by atoms with Crippen LogP contribution in [0.4, 0.5) is 0 Å². The molecule has 0 saturated carbocycles. The molecule has 2 aromatic rings. The average Bonchev–Trinajstić information content (AvgIpc) is 2.85. The SMILES string of the molecule is CN(Cc1nccs1)C(=O)Cc1ccc(Cl)cc1. The summed E-state index contributed by atoms with van der Waals surface area (Å²) < 4.78 is 0. The van der Waals surface area contributed by atoms with Crippen molar-refractivity contribution in [2.75, 3.05) is 7.05 Å². The molecule has 1 aromatic carbocycles. The second-order valence-electron chi connectivity index (χ2n) is 3.98. The van der Waals surface area contributed by atoms with Crippen molar-refractivity contribution >= 4 is 28.8 Å². The lowest BCUT2D eigenvalue weighted by atomic mass is 10.1.